The van der Waals surface area contributed by atoms with E-state index in [1.165, 1.54) is 25.7 Å². The average Bonchev–Trinajstić information content (AvgIpc) is 2.41. The minimum atomic E-state index is 0.104. The molecule has 1 aliphatic rings. The number of nitrogens with zero attached hydrogens (tertiary/aromatic N) is 1. The van der Waals surface area contributed by atoms with Gasteiger partial charge >= 0.3 is 0 Å². The van der Waals surface area contributed by atoms with Gasteiger partial charge in [0.25, 0.3) is 0 Å². The summed E-state index contributed by atoms with van der Waals surface area (Å²) in [5, 5.41) is 12.0. The molecule has 0 aromatic heterocycles. The van der Waals surface area contributed by atoms with E-state index < -0.39 is 0 Å². The van der Waals surface area contributed by atoms with Gasteiger partial charge in [0.05, 0.1) is 0 Å². The zero-order valence-electron chi connectivity index (χ0n) is 10.9. The molecule has 0 aliphatic heterocycles. The summed E-state index contributed by atoms with van der Waals surface area (Å²) in [6, 6.07) is 10.4. The largest absolute Gasteiger partial charge is 0.479 e. The third-order valence-electron chi connectivity index (χ3n) is 3.54. The van der Waals surface area contributed by atoms with Crippen LogP contribution in [0.15, 0.2) is 24.3 Å². The monoisotopic (exact) mass is 244 g/mol. The Morgan fingerprint density at radius 2 is 1.89 bits per heavy atom. The highest BCUT2D eigenvalue weighted by molar-refractivity contribution is 5.47. The number of ether oxygens (including phenoxy) is 1. The van der Waals surface area contributed by atoms with Crippen LogP contribution in [0, 0.1) is 17.2 Å². The number of hydrogen-bond acceptors (Lipinski definition) is 3. The van der Waals surface area contributed by atoms with Crippen LogP contribution >= 0.6 is 0 Å². The quantitative estimate of drug-likeness (QED) is 0.880. The van der Waals surface area contributed by atoms with Crippen LogP contribution in [0.4, 0.5) is 5.69 Å². The van der Waals surface area contributed by atoms with Crippen molar-refractivity contribution in [3.05, 3.63) is 24.3 Å². The molecule has 1 aromatic rings. The van der Waals surface area contributed by atoms with E-state index in [-0.39, 0.29) is 6.61 Å². The van der Waals surface area contributed by atoms with Gasteiger partial charge in [-0.2, -0.15) is 5.26 Å². The maximum atomic E-state index is 8.43. The van der Waals surface area contributed by atoms with Crippen LogP contribution in [0.25, 0.3) is 0 Å². The van der Waals surface area contributed by atoms with Crippen LogP contribution < -0.4 is 10.1 Å². The fourth-order valence-corrected chi connectivity index (χ4v) is 2.40. The number of hydrogen-bond donors (Lipinski definition) is 1. The first kappa shape index (κ1) is 12.8. The number of nitrogens with one attached hydrogen (secondary N) is 1. The zero-order chi connectivity index (χ0) is 12.8. The Kier molecular flexibility index (Phi) is 4.46. The first-order chi connectivity index (χ1) is 8.78. The second-order valence-electron chi connectivity index (χ2n) is 5.07. The standard InChI is InChI=1S/C15H20N2O/c1-12-2-4-13(5-3-12)17-14-6-8-15(9-7-14)18-11-10-16/h6-9,12-13,17H,2-5,11H2,1H3. The predicted octanol–water partition coefficient (Wildman–Crippen LogP) is 3.58. The lowest BCUT2D eigenvalue weighted by Crippen LogP contribution is -2.25. The van der Waals surface area contributed by atoms with Crippen LogP contribution in [0.5, 0.6) is 5.75 Å². The maximum Gasteiger partial charge on any atom is 0.174 e. The topological polar surface area (TPSA) is 45.0 Å². The Labute approximate surface area is 109 Å². The van der Waals surface area contributed by atoms with E-state index in [4.69, 9.17) is 10.00 Å². The van der Waals surface area contributed by atoms with Crippen LogP contribution in [-0.4, -0.2) is 12.6 Å². The van der Waals surface area contributed by atoms with Crippen molar-refractivity contribution in [3.8, 4) is 11.8 Å². The first-order valence-electron chi connectivity index (χ1n) is 6.64. The number of nitriles is 1. The zero-order valence-corrected chi connectivity index (χ0v) is 10.9. The van der Waals surface area contributed by atoms with Crippen LogP contribution in [0.1, 0.15) is 32.6 Å². The van der Waals surface area contributed by atoms with Crippen molar-refractivity contribution in [1.29, 1.82) is 5.26 Å². The van der Waals surface area contributed by atoms with Gasteiger partial charge in [-0.05, 0) is 55.9 Å². The molecule has 0 radical (unpaired) electrons. The lowest BCUT2D eigenvalue weighted by atomic mass is 9.87. The Bertz CT molecular complexity index is 399. The van der Waals surface area contributed by atoms with Crippen molar-refractivity contribution >= 4 is 5.69 Å². The summed E-state index contributed by atoms with van der Waals surface area (Å²) in [5.74, 6) is 1.63. The van der Waals surface area contributed by atoms with Gasteiger partial charge in [0.2, 0.25) is 0 Å². The third-order valence-corrected chi connectivity index (χ3v) is 3.54. The molecule has 0 atom stereocenters. The van der Waals surface area contributed by atoms with E-state index >= 15 is 0 Å². The number of anilines is 1. The van der Waals surface area contributed by atoms with E-state index in [0.717, 1.165) is 17.4 Å². The van der Waals surface area contributed by atoms with Crippen molar-refractivity contribution in [2.45, 2.75) is 38.6 Å². The highest BCUT2D eigenvalue weighted by Gasteiger charge is 2.17. The van der Waals surface area contributed by atoms with Gasteiger partial charge < -0.3 is 10.1 Å². The molecule has 18 heavy (non-hydrogen) atoms. The molecule has 3 nitrogen and oxygen atoms in total. The fourth-order valence-electron chi connectivity index (χ4n) is 2.40. The first-order valence-corrected chi connectivity index (χ1v) is 6.64. The molecule has 1 fully saturated rings. The molecule has 1 aliphatic carbocycles. The highest BCUT2D eigenvalue weighted by Crippen LogP contribution is 2.26. The van der Waals surface area contributed by atoms with E-state index in [2.05, 4.69) is 12.2 Å². The van der Waals surface area contributed by atoms with E-state index in [1.807, 2.05) is 30.3 Å². The summed E-state index contributed by atoms with van der Waals surface area (Å²) in [4.78, 5) is 0. The van der Waals surface area contributed by atoms with Gasteiger partial charge in [-0.15, -0.1) is 0 Å². The Hall–Kier alpha value is -1.69. The van der Waals surface area contributed by atoms with Crippen LogP contribution in [0.2, 0.25) is 0 Å². The van der Waals surface area contributed by atoms with Gasteiger partial charge in [0.1, 0.15) is 11.8 Å². The molecule has 2 rings (SSSR count). The molecule has 1 saturated carbocycles. The molecular formula is C15H20N2O. The molecule has 0 unspecified atom stereocenters. The molecule has 1 N–H and O–H groups in total. The molecule has 1 aromatic carbocycles. The minimum absolute atomic E-state index is 0.104. The smallest absolute Gasteiger partial charge is 0.174 e. The normalized spacial score (nSPS) is 23.1. The third kappa shape index (κ3) is 3.66. The van der Waals surface area contributed by atoms with E-state index in [1.54, 1.807) is 0 Å². The molecule has 0 saturated heterocycles. The van der Waals surface area contributed by atoms with Crippen molar-refractivity contribution in [1.82, 2.24) is 0 Å². The van der Waals surface area contributed by atoms with Crippen LogP contribution in [-0.2, 0) is 0 Å². The summed E-state index contributed by atoms with van der Waals surface area (Å²) in [7, 11) is 0. The van der Waals surface area contributed by atoms with Crippen molar-refractivity contribution in [3.63, 3.8) is 0 Å². The van der Waals surface area contributed by atoms with E-state index in [9.17, 15) is 0 Å². The van der Waals surface area contributed by atoms with Crippen molar-refractivity contribution in [2.75, 3.05) is 11.9 Å². The molecule has 0 heterocycles. The SMILES string of the molecule is CC1CCC(Nc2ccc(OCC#N)cc2)CC1. The second-order valence-corrected chi connectivity index (χ2v) is 5.07. The Morgan fingerprint density at radius 3 is 2.50 bits per heavy atom. The Morgan fingerprint density at radius 1 is 1.22 bits per heavy atom. The number of benzene rings is 1. The highest BCUT2D eigenvalue weighted by atomic mass is 16.5. The minimum Gasteiger partial charge on any atom is -0.479 e. The number of rotatable bonds is 4. The predicted molar refractivity (Wildman–Crippen MR) is 72.6 cm³/mol. The summed E-state index contributed by atoms with van der Waals surface area (Å²) < 4.78 is 5.23. The van der Waals surface area contributed by atoms with E-state index in [0.29, 0.717) is 6.04 Å². The molecular weight excluding hydrogens is 224 g/mol. The van der Waals surface area contributed by atoms with Gasteiger partial charge in [0, 0.05) is 11.7 Å². The molecule has 96 valence electrons. The van der Waals surface area contributed by atoms with Gasteiger partial charge in [-0.3, -0.25) is 0 Å². The second kappa shape index (κ2) is 6.30. The van der Waals surface area contributed by atoms with Crippen molar-refractivity contribution in [2.24, 2.45) is 5.92 Å². The molecule has 0 bridgehead atoms. The molecule has 3 heteroatoms. The Balaban J connectivity index is 1.84. The van der Waals surface area contributed by atoms with Gasteiger partial charge in [-0.1, -0.05) is 6.92 Å². The summed E-state index contributed by atoms with van der Waals surface area (Å²) in [5.41, 5.74) is 1.14. The maximum absolute atomic E-state index is 8.43. The summed E-state index contributed by atoms with van der Waals surface area (Å²) in [6.07, 6.45) is 5.16. The summed E-state index contributed by atoms with van der Waals surface area (Å²) >= 11 is 0. The lowest BCUT2D eigenvalue weighted by Gasteiger charge is -2.27. The van der Waals surface area contributed by atoms with Crippen LogP contribution in [0.3, 0.4) is 0 Å². The summed E-state index contributed by atoms with van der Waals surface area (Å²) in [6.45, 7) is 2.44. The fraction of sp³-hybridized carbons (Fsp3) is 0.533. The lowest BCUT2D eigenvalue weighted by molar-refractivity contribution is 0.361. The molecule has 0 spiro atoms. The molecule has 0 amide bonds. The average molecular weight is 244 g/mol. The van der Waals surface area contributed by atoms with Crippen molar-refractivity contribution < 1.29 is 4.74 Å². The van der Waals surface area contributed by atoms with Gasteiger partial charge in [0.15, 0.2) is 6.61 Å². The van der Waals surface area contributed by atoms with Gasteiger partial charge in [-0.25, -0.2) is 0 Å².